The molecule has 0 spiro atoms. The van der Waals surface area contributed by atoms with Crippen LogP contribution in [0.2, 0.25) is 0 Å². The Kier molecular flexibility index (Phi) is 12.4. The van der Waals surface area contributed by atoms with Crippen LogP contribution in [0.15, 0.2) is 5.11 Å². The number of amides is 1. The maximum atomic E-state index is 9.96. The second-order valence-corrected chi connectivity index (χ2v) is 3.02. The van der Waals surface area contributed by atoms with E-state index >= 15 is 0 Å². The van der Waals surface area contributed by atoms with Gasteiger partial charge in [0.2, 0.25) is 4.91 Å². The molecule has 0 aliphatic carbocycles. The number of rotatable bonds is 12. The molecular formula is C9H18N4O5. The van der Waals surface area contributed by atoms with E-state index in [4.69, 9.17) is 19.7 Å². The minimum atomic E-state index is -1.31. The van der Waals surface area contributed by atoms with Gasteiger partial charge in [-0.3, -0.25) is 0 Å². The highest BCUT2D eigenvalue weighted by atomic mass is 16.5. The third-order valence-corrected chi connectivity index (χ3v) is 1.67. The van der Waals surface area contributed by atoms with E-state index in [0.29, 0.717) is 39.6 Å². The molecule has 2 N–H and O–H groups in total. The van der Waals surface area contributed by atoms with Crippen molar-refractivity contribution in [3.63, 3.8) is 0 Å². The number of carbonyl (C=O) groups excluding carboxylic acids is 1. The van der Waals surface area contributed by atoms with E-state index in [9.17, 15) is 9.90 Å². The Morgan fingerprint density at radius 2 is 1.67 bits per heavy atom. The molecule has 0 aromatic rings. The highest BCUT2D eigenvalue weighted by molar-refractivity contribution is 5.61. The zero-order valence-corrected chi connectivity index (χ0v) is 10.1. The van der Waals surface area contributed by atoms with Crippen molar-refractivity contribution < 1.29 is 24.1 Å². The van der Waals surface area contributed by atoms with Crippen LogP contribution in [0.5, 0.6) is 0 Å². The van der Waals surface area contributed by atoms with Crippen LogP contribution in [0.3, 0.4) is 0 Å². The van der Waals surface area contributed by atoms with Crippen molar-refractivity contribution in [1.29, 1.82) is 5.53 Å². The second-order valence-electron chi connectivity index (χ2n) is 3.02. The van der Waals surface area contributed by atoms with Gasteiger partial charge in [0.05, 0.1) is 39.6 Å². The number of hydrogen-bond donors (Lipinski definition) is 2. The van der Waals surface area contributed by atoms with Crippen LogP contribution in [-0.4, -0.2) is 58.8 Å². The molecule has 18 heavy (non-hydrogen) atoms. The van der Waals surface area contributed by atoms with Crippen molar-refractivity contribution in [1.82, 2.24) is 10.2 Å². The summed E-state index contributed by atoms with van der Waals surface area (Å²) >= 11 is 0. The minimum absolute atomic E-state index is 0.204. The van der Waals surface area contributed by atoms with E-state index in [1.54, 1.807) is 0 Å². The standard InChI is InChI=1S/C9H18N4O5/c10-13-12-2-4-17-6-8-18-7-5-16-3-1-11-9(14)15/h10-11H,1-8H2. The monoisotopic (exact) mass is 262 g/mol. The fraction of sp³-hybridized carbons (Fsp3) is 0.889. The Labute approximate surface area is 105 Å². The molecule has 9 heteroatoms. The van der Waals surface area contributed by atoms with Crippen molar-refractivity contribution in [2.45, 2.75) is 0 Å². The lowest BCUT2D eigenvalue weighted by Gasteiger charge is -2.07. The van der Waals surface area contributed by atoms with Crippen molar-refractivity contribution >= 4 is 6.09 Å². The molecule has 0 rings (SSSR count). The van der Waals surface area contributed by atoms with Crippen LogP contribution in [0.1, 0.15) is 0 Å². The third kappa shape index (κ3) is 14.5. The Bertz CT molecular complexity index is 245. The molecule has 0 saturated heterocycles. The van der Waals surface area contributed by atoms with Gasteiger partial charge in [-0.15, -0.1) is 0 Å². The molecule has 0 atom stereocenters. The first-order valence-electron chi connectivity index (χ1n) is 5.48. The summed E-state index contributed by atoms with van der Waals surface area (Å²) in [5.74, 6) is 0. The number of ether oxygens (including phenoxy) is 3. The second kappa shape index (κ2) is 13.5. The van der Waals surface area contributed by atoms with Crippen LogP contribution < -0.4 is 15.3 Å². The van der Waals surface area contributed by atoms with Gasteiger partial charge < -0.3 is 29.4 Å². The zero-order valence-electron chi connectivity index (χ0n) is 10.1. The van der Waals surface area contributed by atoms with Gasteiger partial charge in [0.1, 0.15) is 23.3 Å². The molecule has 9 nitrogen and oxygen atoms in total. The summed E-state index contributed by atoms with van der Waals surface area (Å²) in [6.07, 6.45) is -1.31. The van der Waals surface area contributed by atoms with Gasteiger partial charge >= 0.3 is 0 Å². The summed E-state index contributed by atoms with van der Waals surface area (Å²) in [7, 11) is 0. The molecule has 0 heterocycles. The van der Waals surface area contributed by atoms with Gasteiger partial charge in [0, 0.05) is 6.54 Å². The third-order valence-electron chi connectivity index (χ3n) is 1.67. The fourth-order valence-electron chi connectivity index (χ4n) is 0.923. The predicted molar refractivity (Wildman–Crippen MR) is 58.0 cm³/mol. The van der Waals surface area contributed by atoms with Crippen molar-refractivity contribution in [3.8, 4) is 0 Å². The first-order chi connectivity index (χ1) is 8.77. The zero-order chi connectivity index (χ0) is 13.5. The molecule has 0 aromatic heterocycles. The summed E-state index contributed by atoms with van der Waals surface area (Å²) in [4.78, 5) is 12.8. The smallest absolute Gasteiger partial charge is 0.214 e. The first kappa shape index (κ1) is 16.5. The molecule has 0 unspecified atom stereocenters. The summed E-state index contributed by atoms with van der Waals surface area (Å²) < 4.78 is 15.4. The number of hydrogen-bond acceptors (Lipinski definition) is 7. The molecule has 0 aliphatic rings. The SMILES string of the molecule is N=[N+]=NCCOCCOCCOCCNC(=O)[O-]. The van der Waals surface area contributed by atoms with Crippen molar-refractivity contribution in [2.24, 2.45) is 5.11 Å². The number of carbonyl (C=O) groups is 1. The largest absolute Gasteiger partial charge is 0.530 e. The lowest BCUT2D eigenvalue weighted by Crippen LogP contribution is -2.38. The molecule has 0 aliphatic heterocycles. The normalized spacial score (nSPS) is 9.78. The molecule has 104 valence electrons. The molecular weight excluding hydrogens is 244 g/mol. The van der Waals surface area contributed by atoms with Gasteiger partial charge in [-0.1, -0.05) is 0 Å². The van der Waals surface area contributed by atoms with E-state index in [0.717, 1.165) is 0 Å². The number of nitrogens with zero attached hydrogens (tertiary/aromatic N) is 2. The van der Waals surface area contributed by atoms with Crippen LogP contribution >= 0.6 is 0 Å². The van der Waals surface area contributed by atoms with Crippen LogP contribution in [0, 0.1) is 5.53 Å². The molecule has 0 radical (unpaired) electrons. The summed E-state index contributed by atoms with van der Waals surface area (Å²) in [6, 6.07) is 0. The summed E-state index contributed by atoms with van der Waals surface area (Å²) in [5.41, 5.74) is 6.39. The minimum Gasteiger partial charge on any atom is -0.530 e. The van der Waals surface area contributed by atoms with E-state index in [-0.39, 0.29) is 13.2 Å². The Hall–Kier alpha value is -1.54. The lowest BCUT2D eigenvalue weighted by atomic mass is 10.6. The highest BCUT2D eigenvalue weighted by Gasteiger charge is 1.92. The maximum absolute atomic E-state index is 9.96. The van der Waals surface area contributed by atoms with Gasteiger partial charge in [-0.25, -0.2) is 0 Å². The Balaban J connectivity index is 2.98. The van der Waals surface area contributed by atoms with Crippen LogP contribution in [-0.2, 0) is 14.2 Å². The predicted octanol–water partition coefficient (Wildman–Crippen LogP) is -1.48. The van der Waals surface area contributed by atoms with E-state index in [2.05, 4.69) is 15.3 Å². The Morgan fingerprint density at radius 3 is 2.22 bits per heavy atom. The quantitative estimate of drug-likeness (QED) is 0.251. The van der Waals surface area contributed by atoms with Crippen molar-refractivity contribution in [3.05, 3.63) is 0 Å². The highest BCUT2D eigenvalue weighted by Crippen LogP contribution is 1.81. The summed E-state index contributed by atoms with van der Waals surface area (Å²) in [5, 5.41) is 15.4. The Morgan fingerprint density at radius 1 is 1.11 bits per heavy atom. The maximum Gasteiger partial charge on any atom is 0.214 e. The van der Waals surface area contributed by atoms with Crippen molar-refractivity contribution in [2.75, 3.05) is 52.7 Å². The van der Waals surface area contributed by atoms with E-state index in [1.165, 1.54) is 0 Å². The molecule has 0 aromatic carbocycles. The average molecular weight is 262 g/mol. The molecule has 0 saturated carbocycles. The number of nitrogens with one attached hydrogen (secondary N) is 2. The average Bonchev–Trinajstić information content (AvgIpc) is 2.34. The van der Waals surface area contributed by atoms with Gasteiger partial charge in [0.25, 0.3) is 0 Å². The molecule has 0 bridgehead atoms. The lowest BCUT2D eigenvalue weighted by molar-refractivity contribution is -0.250. The first-order valence-corrected chi connectivity index (χ1v) is 5.48. The van der Waals surface area contributed by atoms with Gasteiger partial charge in [-0.2, -0.15) is 0 Å². The van der Waals surface area contributed by atoms with Crippen LogP contribution in [0.4, 0.5) is 4.79 Å². The van der Waals surface area contributed by atoms with E-state index in [1.807, 2.05) is 0 Å². The number of carboxylic acid groups (broad SMARTS) is 1. The summed E-state index contributed by atoms with van der Waals surface area (Å²) in [6.45, 7) is 2.97. The van der Waals surface area contributed by atoms with Crippen LogP contribution in [0.25, 0.3) is 0 Å². The fourth-order valence-corrected chi connectivity index (χ4v) is 0.923. The van der Waals surface area contributed by atoms with E-state index < -0.39 is 6.09 Å². The molecule has 0 fully saturated rings. The topological polar surface area (TPSA) is 130 Å². The van der Waals surface area contributed by atoms with Gasteiger partial charge in [0.15, 0.2) is 0 Å². The molecule has 1 amide bonds. The van der Waals surface area contributed by atoms with Gasteiger partial charge in [-0.05, 0) is 0 Å².